The van der Waals surface area contributed by atoms with Gasteiger partial charge in [-0.15, -0.1) is 0 Å². The van der Waals surface area contributed by atoms with Crippen molar-refractivity contribution in [2.75, 3.05) is 0 Å². The molecule has 14 aromatic rings. The number of rotatable bonds is 6. The second-order valence-corrected chi connectivity index (χ2v) is 16.9. The maximum absolute atomic E-state index is 6.60. The predicted octanol–water partition coefficient (Wildman–Crippen LogP) is 15.9. The maximum Gasteiger partial charge on any atom is 0.127 e. The highest BCUT2D eigenvalue weighted by molar-refractivity contribution is 6.16. The van der Waals surface area contributed by atoms with Crippen molar-refractivity contribution in [3.05, 3.63) is 231 Å². The Bertz CT molecular complexity index is 3820. The molecule has 0 fully saturated rings. The lowest BCUT2D eigenvalue weighted by molar-refractivity contribution is 0.482. The molecule has 0 saturated carbocycles. The zero-order valence-electron chi connectivity index (χ0n) is 35.1. The lowest BCUT2D eigenvalue weighted by atomic mass is 10.1. The average Bonchev–Trinajstić information content (AvgIpc) is 4.10. The first-order valence-corrected chi connectivity index (χ1v) is 22.2. The van der Waals surface area contributed by atoms with Crippen LogP contribution in [-0.4, -0.2) is 18.3 Å². The number of hydrogen-bond acceptors (Lipinski definition) is 1. The number of aromatic nitrogens is 4. The molecule has 0 aliphatic carbocycles. The van der Waals surface area contributed by atoms with Crippen molar-refractivity contribution in [2.45, 2.75) is 0 Å². The Hall–Kier alpha value is -8.80. The Kier molecular flexibility index (Phi) is 7.62. The number of benzene rings is 10. The van der Waals surface area contributed by atoms with Gasteiger partial charge >= 0.3 is 0 Å². The minimum Gasteiger partial charge on any atom is -0.457 e. The summed E-state index contributed by atoms with van der Waals surface area (Å²) in [5, 5.41) is 9.85. The Balaban J connectivity index is 0.860. The molecule has 10 aromatic carbocycles. The summed E-state index contributed by atoms with van der Waals surface area (Å²) in [6.45, 7) is 0. The van der Waals surface area contributed by atoms with Gasteiger partial charge in [-0.25, -0.2) is 0 Å². The number of para-hydroxylation sites is 8. The molecular weight excluding hydrogens is 793 g/mol. The average molecular weight is 831 g/mol. The molecule has 0 spiro atoms. The number of nitrogens with zero attached hydrogens (tertiary/aromatic N) is 4. The molecule has 0 amide bonds. The highest BCUT2D eigenvalue weighted by Crippen LogP contribution is 2.42. The zero-order chi connectivity index (χ0) is 42.6. The van der Waals surface area contributed by atoms with E-state index in [1.54, 1.807) is 0 Å². The third kappa shape index (κ3) is 5.21. The quantitative estimate of drug-likeness (QED) is 0.164. The molecule has 0 saturated heterocycles. The summed E-state index contributed by atoms with van der Waals surface area (Å²) in [6.07, 6.45) is 0. The molecule has 0 bridgehead atoms. The molecule has 0 aliphatic rings. The molecule has 0 N–H and O–H groups in total. The second-order valence-electron chi connectivity index (χ2n) is 16.9. The lowest BCUT2D eigenvalue weighted by Crippen LogP contribution is -2.01. The van der Waals surface area contributed by atoms with Crippen molar-refractivity contribution in [3.63, 3.8) is 0 Å². The maximum atomic E-state index is 6.60. The van der Waals surface area contributed by atoms with Gasteiger partial charge in [0, 0.05) is 54.5 Å². The Labute approximate surface area is 373 Å². The summed E-state index contributed by atoms with van der Waals surface area (Å²) in [6, 6.07) is 82.7. The van der Waals surface area contributed by atoms with Crippen LogP contribution in [0.15, 0.2) is 231 Å². The summed E-state index contributed by atoms with van der Waals surface area (Å²) in [5.41, 5.74) is 13.8. The lowest BCUT2D eigenvalue weighted by Gasteiger charge is -2.15. The van der Waals surface area contributed by atoms with Crippen LogP contribution in [0.25, 0.3) is 110 Å². The van der Waals surface area contributed by atoms with Crippen LogP contribution in [0.2, 0.25) is 0 Å². The van der Waals surface area contributed by atoms with Crippen LogP contribution < -0.4 is 4.74 Å². The first-order valence-electron chi connectivity index (χ1n) is 22.2. The Morgan fingerprint density at radius 2 is 0.477 bits per heavy atom. The van der Waals surface area contributed by atoms with Crippen molar-refractivity contribution in [1.29, 1.82) is 0 Å². The van der Waals surface area contributed by atoms with Gasteiger partial charge in [-0.3, -0.25) is 0 Å². The SMILES string of the molecule is c1ccc2c(c1)c1ccccc1n2-c1cccc2c3ccccc3n(-c3ccc(Oc4ccc(-n5c6ccccc6c6cccc(-n7c8ccccc8c8ccccc87)c65)cc4)cc3)c12. The van der Waals surface area contributed by atoms with Crippen molar-refractivity contribution in [3.8, 4) is 34.2 Å². The van der Waals surface area contributed by atoms with E-state index in [4.69, 9.17) is 4.74 Å². The van der Waals surface area contributed by atoms with E-state index in [0.29, 0.717) is 0 Å². The summed E-state index contributed by atoms with van der Waals surface area (Å²) >= 11 is 0. The van der Waals surface area contributed by atoms with Crippen LogP contribution in [0.1, 0.15) is 0 Å². The molecule has 0 unspecified atom stereocenters. The van der Waals surface area contributed by atoms with Gasteiger partial charge in [0.05, 0.1) is 55.5 Å². The summed E-state index contributed by atoms with van der Waals surface area (Å²) in [5.74, 6) is 1.55. The number of hydrogen-bond donors (Lipinski definition) is 0. The smallest absolute Gasteiger partial charge is 0.127 e. The Morgan fingerprint density at radius 1 is 0.215 bits per heavy atom. The predicted molar refractivity (Wildman–Crippen MR) is 270 cm³/mol. The first kappa shape index (κ1) is 35.8. The highest BCUT2D eigenvalue weighted by atomic mass is 16.5. The summed E-state index contributed by atoms with van der Waals surface area (Å²) < 4.78 is 16.3. The van der Waals surface area contributed by atoms with E-state index in [1.165, 1.54) is 65.2 Å². The topological polar surface area (TPSA) is 28.9 Å². The molecule has 0 aliphatic heterocycles. The fourth-order valence-corrected chi connectivity index (χ4v) is 10.7. The summed E-state index contributed by atoms with van der Waals surface area (Å²) in [7, 11) is 0. The number of fused-ring (bicyclic) bond motifs is 12. The minimum absolute atomic E-state index is 0.774. The van der Waals surface area contributed by atoms with E-state index in [2.05, 4.69) is 249 Å². The summed E-state index contributed by atoms with van der Waals surface area (Å²) in [4.78, 5) is 0. The second kappa shape index (κ2) is 13.9. The van der Waals surface area contributed by atoms with Gasteiger partial charge in [-0.1, -0.05) is 133 Å². The van der Waals surface area contributed by atoms with Gasteiger partial charge < -0.3 is 23.0 Å². The fourth-order valence-electron chi connectivity index (χ4n) is 10.7. The van der Waals surface area contributed by atoms with Crippen LogP contribution in [-0.2, 0) is 0 Å². The third-order valence-electron chi connectivity index (χ3n) is 13.4. The van der Waals surface area contributed by atoms with Crippen LogP contribution >= 0.6 is 0 Å². The molecule has 14 rings (SSSR count). The van der Waals surface area contributed by atoms with Gasteiger partial charge in [-0.05, 0) is 97.1 Å². The molecular formula is C60H38N4O. The standard InChI is InChI=1S/C60H38N4O/c1-9-25-53-43(15-1)44-16-2-10-26-54(44)63(53)57-29-13-21-49-47-19-5-7-23-51(47)61(59(49)57)39-31-35-41(36-32-39)65-42-37-33-40(34-38-42)62-52-24-8-6-20-48(52)50-22-14-30-58(60(50)62)64-55-27-11-3-17-45(55)46-18-4-12-28-56(46)64/h1-38H. The van der Waals surface area contributed by atoms with Gasteiger partial charge in [0.15, 0.2) is 0 Å². The highest BCUT2D eigenvalue weighted by Gasteiger charge is 2.22. The normalized spacial score (nSPS) is 12.0. The van der Waals surface area contributed by atoms with Gasteiger partial charge in [0.1, 0.15) is 11.5 Å². The van der Waals surface area contributed by atoms with Crippen molar-refractivity contribution in [2.24, 2.45) is 0 Å². The molecule has 4 heterocycles. The molecule has 65 heavy (non-hydrogen) atoms. The largest absolute Gasteiger partial charge is 0.457 e. The van der Waals surface area contributed by atoms with Gasteiger partial charge in [0.25, 0.3) is 0 Å². The molecule has 0 atom stereocenters. The molecule has 4 aromatic heterocycles. The van der Waals surface area contributed by atoms with E-state index in [1.807, 2.05) is 0 Å². The van der Waals surface area contributed by atoms with Crippen LogP contribution in [0.4, 0.5) is 0 Å². The van der Waals surface area contributed by atoms with E-state index in [-0.39, 0.29) is 0 Å². The van der Waals surface area contributed by atoms with Crippen molar-refractivity contribution in [1.82, 2.24) is 18.3 Å². The van der Waals surface area contributed by atoms with E-state index >= 15 is 0 Å². The van der Waals surface area contributed by atoms with Crippen LogP contribution in [0.5, 0.6) is 11.5 Å². The first-order chi connectivity index (χ1) is 32.3. The van der Waals surface area contributed by atoms with E-state index in [0.717, 1.165) is 56.3 Å². The van der Waals surface area contributed by atoms with E-state index < -0.39 is 0 Å². The Morgan fingerprint density at radius 3 is 0.800 bits per heavy atom. The van der Waals surface area contributed by atoms with E-state index in [9.17, 15) is 0 Å². The van der Waals surface area contributed by atoms with Crippen molar-refractivity contribution >= 4 is 87.2 Å². The number of ether oxygens (including phenoxy) is 1. The van der Waals surface area contributed by atoms with Crippen LogP contribution in [0.3, 0.4) is 0 Å². The molecule has 5 nitrogen and oxygen atoms in total. The van der Waals surface area contributed by atoms with Gasteiger partial charge in [-0.2, -0.15) is 0 Å². The molecule has 0 radical (unpaired) electrons. The third-order valence-corrected chi connectivity index (χ3v) is 13.4. The monoisotopic (exact) mass is 830 g/mol. The van der Waals surface area contributed by atoms with Crippen molar-refractivity contribution < 1.29 is 4.74 Å². The molecule has 5 heteroatoms. The minimum atomic E-state index is 0.774. The fraction of sp³-hybridized carbons (Fsp3) is 0. The van der Waals surface area contributed by atoms with Crippen LogP contribution in [0, 0.1) is 0 Å². The molecule has 304 valence electrons. The van der Waals surface area contributed by atoms with Gasteiger partial charge in [0.2, 0.25) is 0 Å². The zero-order valence-corrected chi connectivity index (χ0v) is 35.1.